The highest BCUT2D eigenvalue weighted by atomic mass is 16.5. The number of amides is 2. The first-order chi connectivity index (χ1) is 13.2. The van der Waals surface area contributed by atoms with Crippen LogP contribution in [0.25, 0.3) is 11.1 Å². The number of fused-ring (bicyclic) bond motifs is 3. The summed E-state index contributed by atoms with van der Waals surface area (Å²) in [6.07, 6.45) is 1.49. The molecule has 5 nitrogen and oxygen atoms in total. The van der Waals surface area contributed by atoms with Gasteiger partial charge in [0.2, 0.25) is 11.8 Å². The number of morpholine rings is 1. The fraction of sp³-hybridized carbons (Fsp3) is 0.364. The van der Waals surface area contributed by atoms with Crippen LogP contribution in [0.15, 0.2) is 42.5 Å². The number of carbonyl (C=O) groups is 2. The Morgan fingerprint density at radius 2 is 1.74 bits per heavy atom. The van der Waals surface area contributed by atoms with Crippen molar-refractivity contribution in [1.82, 2.24) is 4.90 Å². The molecule has 2 aromatic rings. The molecule has 2 heterocycles. The van der Waals surface area contributed by atoms with E-state index in [9.17, 15) is 9.59 Å². The number of hydrogen-bond acceptors (Lipinski definition) is 3. The van der Waals surface area contributed by atoms with Crippen molar-refractivity contribution in [3.63, 3.8) is 0 Å². The third-order valence-electron chi connectivity index (χ3n) is 5.92. The number of rotatable bonds is 2. The number of ether oxygens (including phenoxy) is 1. The summed E-state index contributed by atoms with van der Waals surface area (Å²) in [5.74, 6) is -0.658. The van der Waals surface area contributed by atoms with E-state index in [-0.39, 0.29) is 11.8 Å². The van der Waals surface area contributed by atoms with Crippen molar-refractivity contribution in [2.45, 2.75) is 12.8 Å². The third kappa shape index (κ3) is 2.73. The van der Waals surface area contributed by atoms with Crippen LogP contribution in [0.1, 0.15) is 17.5 Å². The fourth-order valence-electron chi connectivity index (χ4n) is 4.47. The number of nitrogens with zero attached hydrogens (tertiary/aromatic N) is 2. The van der Waals surface area contributed by atoms with E-state index in [1.54, 1.807) is 9.80 Å². The van der Waals surface area contributed by atoms with E-state index < -0.39 is 5.92 Å². The van der Waals surface area contributed by atoms with Crippen molar-refractivity contribution in [3.05, 3.63) is 53.6 Å². The van der Waals surface area contributed by atoms with Gasteiger partial charge in [0.15, 0.2) is 0 Å². The molecule has 27 heavy (non-hydrogen) atoms. The van der Waals surface area contributed by atoms with Crippen LogP contribution in [0.3, 0.4) is 0 Å². The summed E-state index contributed by atoms with van der Waals surface area (Å²) in [6.45, 7) is 2.88. The van der Waals surface area contributed by atoms with Crippen LogP contribution in [0.4, 0.5) is 5.69 Å². The first-order valence-electron chi connectivity index (χ1n) is 9.61. The van der Waals surface area contributed by atoms with Gasteiger partial charge in [-0.3, -0.25) is 9.59 Å². The number of hydrogen-bond donors (Lipinski definition) is 0. The Morgan fingerprint density at radius 1 is 0.963 bits per heavy atom. The molecule has 2 amide bonds. The van der Waals surface area contributed by atoms with Crippen LogP contribution in [0.2, 0.25) is 0 Å². The van der Waals surface area contributed by atoms with Gasteiger partial charge in [-0.2, -0.15) is 0 Å². The van der Waals surface area contributed by atoms with Crippen molar-refractivity contribution in [3.8, 4) is 11.1 Å². The summed E-state index contributed by atoms with van der Waals surface area (Å²) in [5.41, 5.74) is 6.03. The van der Waals surface area contributed by atoms with Gasteiger partial charge in [0.1, 0.15) is 5.92 Å². The van der Waals surface area contributed by atoms with Crippen molar-refractivity contribution in [2.75, 3.05) is 37.7 Å². The van der Waals surface area contributed by atoms with E-state index in [0.29, 0.717) is 39.3 Å². The highest BCUT2D eigenvalue weighted by molar-refractivity contribution is 6.09. The number of anilines is 1. The Hall–Kier alpha value is -2.66. The summed E-state index contributed by atoms with van der Waals surface area (Å²) in [7, 11) is 0. The molecule has 0 saturated carbocycles. The fourth-order valence-corrected chi connectivity index (χ4v) is 4.47. The number of carbonyl (C=O) groups excluding carboxylic acids is 2. The lowest BCUT2D eigenvalue weighted by atomic mass is 10.0. The molecule has 138 valence electrons. The van der Waals surface area contributed by atoms with Gasteiger partial charge >= 0.3 is 0 Å². The normalized spacial score (nSPS) is 21.3. The van der Waals surface area contributed by atoms with E-state index in [2.05, 4.69) is 36.4 Å². The second kappa shape index (κ2) is 6.50. The molecule has 5 heteroatoms. The summed E-state index contributed by atoms with van der Waals surface area (Å²) in [6, 6.07) is 14.7. The lowest BCUT2D eigenvalue weighted by Gasteiger charge is -2.28. The number of benzene rings is 2. The van der Waals surface area contributed by atoms with E-state index in [4.69, 9.17) is 4.74 Å². The van der Waals surface area contributed by atoms with Crippen molar-refractivity contribution >= 4 is 17.5 Å². The maximum absolute atomic E-state index is 13.0. The largest absolute Gasteiger partial charge is 0.378 e. The molecular formula is C22H22N2O3. The second-order valence-electron chi connectivity index (χ2n) is 7.44. The van der Waals surface area contributed by atoms with E-state index >= 15 is 0 Å². The first-order valence-corrected chi connectivity index (χ1v) is 9.61. The van der Waals surface area contributed by atoms with Crippen molar-refractivity contribution < 1.29 is 14.3 Å². The lowest BCUT2D eigenvalue weighted by Crippen LogP contribution is -2.45. The summed E-state index contributed by atoms with van der Waals surface area (Å²) < 4.78 is 5.31. The molecule has 2 aliphatic heterocycles. The molecule has 3 aliphatic rings. The molecule has 2 fully saturated rings. The predicted octanol–water partition coefficient (Wildman–Crippen LogP) is 2.47. The van der Waals surface area contributed by atoms with E-state index in [1.807, 2.05) is 6.07 Å². The minimum atomic E-state index is -0.548. The molecule has 2 saturated heterocycles. The molecule has 0 radical (unpaired) electrons. The maximum atomic E-state index is 13.0. The molecule has 1 atom stereocenters. The Morgan fingerprint density at radius 3 is 2.59 bits per heavy atom. The van der Waals surface area contributed by atoms with Gasteiger partial charge < -0.3 is 14.5 Å². The molecule has 5 rings (SSSR count). The summed E-state index contributed by atoms with van der Waals surface area (Å²) in [4.78, 5) is 29.3. The predicted molar refractivity (Wildman–Crippen MR) is 103 cm³/mol. The van der Waals surface area contributed by atoms with Gasteiger partial charge in [-0.25, -0.2) is 0 Å². The highest BCUT2D eigenvalue weighted by Gasteiger charge is 2.40. The van der Waals surface area contributed by atoms with Gasteiger partial charge in [0, 0.05) is 25.3 Å². The topological polar surface area (TPSA) is 49.9 Å². The molecule has 2 aromatic carbocycles. The molecule has 0 spiro atoms. The zero-order valence-corrected chi connectivity index (χ0v) is 15.2. The Balaban J connectivity index is 1.36. The second-order valence-corrected chi connectivity index (χ2v) is 7.44. The molecule has 0 bridgehead atoms. The summed E-state index contributed by atoms with van der Waals surface area (Å²) in [5, 5.41) is 0. The molecule has 0 unspecified atom stereocenters. The van der Waals surface area contributed by atoms with Crippen LogP contribution in [-0.4, -0.2) is 49.6 Å². The quantitative estimate of drug-likeness (QED) is 0.658. The van der Waals surface area contributed by atoms with Crippen molar-refractivity contribution in [2.24, 2.45) is 5.92 Å². The van der Waals surface area contributed by atoms with Gasteiger partial charge in [0.05, 0.1) is 13.2 Å². The van der Waals surface area contributed by atoms with Crippen LogP contribution in [-0.2, 0) is 20.7 Å². The minimum Gasteiger partial charge on any atom is -0.378 e. The zero-order chi connectivity index (χ0) is 18.4. The average Bonchev–Trinajstić information content (AvgIpc) is 3.28. The first kappa shape index (κ1) is 16.5. The third-order valence-corrected chi connectivity index (χ3v) is 5.92. The van der Waals surface area contributed by atoms with Crippen LogP contribution in [0, 0.1) is 5.92 Å². The molecular weight excluding hydrogens is 340 g/mol. The van der Waals surface area contributed by atoms with Gasteiger partial charge in [-0.05, 0) is 47.2 Å². The van der Waals surface area contributed by atoms with Gasteiger partial charge in [0.25, 0.3) is 0 Å². The maximum Gasteiger partial charge on any atom is 0.239 e. The highest BCUT2D eigenvalue weighted by Crippen LogP contribution is 2.39. The Labute approximate surface area is 158 Å². The Bertz CT molecular complexity index is 918. The monoisotopic (exact) mass is 362 g/mol. The van der Waals surface area contributed by atoms with Gasteiger partial charge in [-0.15, -0.1) is 0 Å². The van der Waals surface area contributed by atoms with Gasteiger partial charge in [-0.1, -0.05) is 30.3 Å². The lowest BCUT2D eigenvalue weighted by molar-refractivity contribution is -0.143. The van der Waals surface area contributed by atoms with Crippen LogP contribution in [0.5, 0.6) is 0 Å². The van der Waals surface area contributed by atoms with Crippen molar-refractivity contribution in [1.29, 1.82) is 0 Å². The average molecular weight is 362 g/mol. The zero-order valence-electron chi connectivity index (χ0n) is 15.2. The smallest absolute Gasteiger partial charge is 0.239 e. The molecule has 0 N–H and O–H groups in total. The summed E-state index contributed by atoms with van der Waals surface area (Å²) >= 11 is 0. The molecule has 0 aromatic heterocycles. The SMILES string of the molecule is O=C([C@H]1CCN(c2ccc3c(c2)Cc2ccccc2-3)C1=O)N1CCOCC1. The van der Waals surface area contributed by atoms with E-state index in [0.717, 1.165) is 12.1 Å². The standard InChI is InChI=1S/C22H22N2O3/c25-21(23-9-11-27-12-10-23)20-7-8-24(22(20)26)17-5-6-19-16(14-17)13-15-3-1-2-4-18(15)19/h1-6,14,20H,7-13H2/t20-/m1/s1. The Kier molecular flexibility index (Phi) is 3.97. The van der Waals surface area contributed by atoms with E-state index in [1.165, 1.54) is 22.3 Å². The van der Waals surface area contributed by atoms with Crippen LogP contribution < -0.4 is 4.90 Å². The van der Waals surface area contributed by atoms with Crippen LogP contribution >= 0.6 is 0 Å². The minimum absolute atomic E-state index is 0.0423. The molecule has 1 aliphatic carbocycles.